The number of fused-ring (bicyclic) bond motifs is 1. The Hall–Kier alpha value is -1.68. The summed E-state index contributed by atoms with van der Waals surface area (Å²) in [6.07, 6.45) is 1.90. The van der Waals surface area contributed by atoms with E-state index in [0.717, 1.165) is 29.8 Å². The van der Waals surface area contributed by atoms with Gasteiger partial charge in [0.25, 0.3) is 0 Å². The Labute approximate surface area is 118 Å². The summed E-state index contributed by atoms with van der Waals surface area (Å²) >= 11 is 0. The van der Waals surface area contributed by atoms with Gasteiger partial charge in [-0.25, -0.2) is 0 Å². The molecule has 0 spiro atoms. The fourth-order valence-electron chi connectivity index (χ4n) is 3.38. The summed E-state index contributed by atoms with van der Waals surface area (Å²) < 4.78 is 0. The van der Waals surface area contributed by atoms with Crippen LogP contribution in [0.2, 0.25) is 0 Å². The molecule has 4 heteroatoms. The summed E-state index contributed by atoms with van der Waals surface area (Å²) in [7, 11) is 0. The number of benzene rings is 1. The first kappa shape index (κ1) is 13.3. The average molecular weight is 273 g/mol. The normalized spacial score (nSPS) is 23.9. The van der Waals surface area contributed by atoms with Crippen molar-refractivity contribution in [3.63, 3.8) is 0 Å². The van der Waals surface area contributed by atoms with Gasteiger partial charge >= 0.3 is 5.97 Å². The Kier molecular flexibility index (Phi) is 3.34. The Balaban J connectivity index is 1.78. The minimum Gasteiger partial charge on any atom is -0.481 e. The van der Waals surface area contributed by atoms with Crippen molar-refractivity contribution in [3.05, 3.63) is 34.9 Å². The van der Waals surface area contributed by atoms with Crippen LogP contribution >= 0.6 is 0 Å². The molecule has 1 aromatic rings. The molecule has 1 aliphatic carbocycles. The van der Waals surface area contributed by atoms with Crippen LogP contribution < -0.4 is 0 Å². The third-order valence-electron chi connectivity index (χ3n) is 4.57. The third-order valence-corrected chi connectivity index (χ3v) is 4.57. The number of carbonyl (C=O) groups is 2. The highest BCUT2D eigenvalue weighted by Gasteiger charge is 2.36. The zero-order chi connectivity index (χ0) is 14.3. The van der Waals surface area contributed by atoms with Crippen LogP contribution in [0.1, 0.15) is 46.8 Å². The maximum Gasteiger partial charge on any atom is 0.306 e. The van der Waals surface area contributed by atoms with E-state index in [2.05, 4.69) is 17.0 Å². The summed E-state index contributed by atoms with van der Waals surface area (Å²) in [6.45, 7) is 3.53. The van der Waals surface area contributed by atoms with Crippen molar-refractivity contribution in [3.8, 4) is 0 Å². The molecule has 1 saturated heterocycles. The SMILES string of the molecule is Cc1ccc2c(c1)C(=O)CC2N1CCC(C(=O)O)CC1. The summed E-state index contributed by atoms with van der Waals surface area (Å²) in [5.74, 6) is -0.696. The average Bonchev–Trinajstić information content (AvgIpc) is 2.76. The zero-order valence-corrected chi connectivity index (χ0v) is 11.6. The molecule has 1 unspecified atom stereocenters. The monoisotopic (exact) mass is 273 g/mol. The Morgan fingerprint density at radius 3 is 2.65 bits per heavy atom. The first-order valence-corrected chi connectivity index (χ1v) is 7.17. The third kappa shape index (κ3) is 2.24. The highest BCUT2D eigenvalue weighted by atomic mass is 16.4. The van der Waals surface area contributed by atoms with Crippen molar-refractivity contribution in [1.29, 1.82) is 0 Å². The van der Waals surface area contributed by atoms with E-state index < -0.39 is 5.97 Å². The number of hydrogen-bond acceptors (Lipinski definition) is 3. The number of aliphatic carboxylic acids is 1. The molecule has 1 N–H and O–H groups in total. The Bertz CT molecular complexity index is 559. The molecule has 4 nitrogen and oxygen atoms in total. The molecular formula is C16H19NO3. The van der Waals surface area contributed by atoms with Gasteiger partial charge in [-0.05, 0) is 44.5 Å². The van der Waals surface area contributed by atoms with E-state index in [1.165, 1.54) is 0 Å². The van der Waals surface area contributed by atoms with Crippen molar-refractivity contribution in [2.45, 2.75) is 32.2 Å². The maximum absolute atomic E-state index is 12.1. The molecule has 106 valence electrons. The maximum atomic E-state index is 12.1. The number of Topliss-reactive ketones (excluding diaryl/α,β-unsaturated/α-hetero) is 1. The number of hydrogen-bond donors (Lipinski definition) is 1. The lowest BCUT2D eigenvalue weighted by atomic mass is 9.94. The summed E-state index contributed by atoms with van der Waals surface area (Å²) in [6, 6.07) is 6.23. The van der Waals surface area contributed by atoms with Crippen LogP contribution in [0.5, 0.6) is 0 Å². The second-order valence-corrected chi connectivity index (χ2v) is 5.88. The van der Waals surface area contributed by atoms with Crippen molar-refractivity contribution in [2.75, 3.05) is 13.1 Å². The molecule has 0 amide bonds. The molecule has 2 aliphatic rings. The van der Waals surface area contributed by atoms with E-state index >= 15 is 0 Å². The van der Waals surface area contributed by atoms with Gasteiger partial charge in [-0.3, -0.25) is 14.5 Å². The van der Waals surface area contributed by atoms with E-state index in [4.69, 9.17) is 5.11 Å². The van der Waals surface area contributed by atoms with Crippen LogP contribution in [0.15, 0.2) is 18.2 Å². The van der Waals surface area contributed by atoms with Crippen LogP contribution in [-0.2, 0) is 4.79 Å². The predicted molar refractivity (Wildman–Crippen MR) is 74.8 cm³/mol. The highest BCUT2D eigenvalue weighted by molar-refractivity contribution is 6.01. The lowest BCUT2D eigenvalue weighted by molar-refractivity contribution is -0.143. The van der Waals surface area contributed by atoms with E-state index in [9.17, 15) is 9.59 Å². The largest absolute Gasteiger partial charge is 0.481 e. The van der Waals surface area contributed by atoms with Crippen molar-refractivity contribution in [2.24, 2.45) is 5.92 Å². The molecule has 0 aromatic heterocycles. The van der Waals surface area contributed by atoms with E-state index in [-0.39, 0.29) is 17.7 Å². The minimum atomic E-state index is -0.692. The molecule has 3 rings (SSSR count). The quantitative estimate of drug-likeness (QED) is 0.899. The first-order valence-electron chi connectivity index (χ1n) is 7.17. The number of rotatable bonds is 2. The van der Waals surface area contributed by atoms with Crippen LogP contribution in [-0.4, -0.2) is 34.8 Å². The first-order chi connectivity index (χ1) is 9.56. The molecular weight excluding hydrogens is 254 g/mol. The summed E-state index contributed by atoms with van der Waals surface area (Å²) in [5, 5.41) is 9.05. The second kappa shape index (κ2) is 5.02. The number of carboxylic acids is 1. The van der Waals surface area contributed by atoms with Gasteiger partial charge in [0.2, 0.25) is 0 Å². The fourth-order valence-corrected chi connectivity index (χ4v) is 3.38. The number of nitrogens with zero attached hydrogens (tertiary/aromatic N) is 1. The van der Waals surface area contributed by atoms with Gasteiger partial charge in [0, 0.05) is 18.0 Å². The number of likely N-dealkylation sites (tertiary alicyclic amines) is 1. The number of carboxylic acid groups (broad SMARTS) is 1. The van der Waals surface area contributed by atoms with Gasteiger partial charge in [-0.2, -0.15) is 0 Å². The fraction of sp³-hybridized carbons (Fsp3) is 0.500. The smallest absolute Gasteiger partial charge is 0.306 e. The minimum absolute atomic E-state index is 0.146. The Morgan fingerprint density at radius 1 is 1.30 bits per heavy atom. The van der Waals surface area contributed by atoms with E-state index in [1.807, 2.05) is 13.0 Å². The lowest BCUT2D eigenvalue weighted by Crippen LogP contribution is -2.38. The van der Waals surface area contributed by atoms with Crippen LogP contribution in [0, 0.1) is 12.8 Å². The van der Waals surface area contributed by atoms with Gasteiger partial charge in [-0.1, -0.05) is 17.7 Å². The molecule has 1 aliphatic heterocycles. The van der Waals surface area contributed by atoms with E-state index in [1.54, 1.807) is 0 Å². The number of aryl methyl sites for hydroxylation is 1. The van der Waals surface area contributed by atoms with Crippen LogP contribution in [0.4, 0.5) is 0 Å². The molecule has 0 radical (unpaired) electrons. The van der Waals surface area contributed by atoms with Crippen LogP contribution in [0.3, 0.4) is 0 Å². The Morgan fingerprint density at radius 2 is 2.00 bits per heavy atom. The van der Waals surface area contributed by atoms with Gasteiger partial charge in [0.15, 0.2) is 5.78 Å². The lowest BCUT2D eigenvalue weighted by Gasteiger charge is -2.34. The van der Waals surface area contributed by atoms with Gasteiger partial charge in [-0.15, -0.1) is 0 Å². The second-order valence-electron chi connectivity index (χ2n) is 5.88. The zero-order valence-electron chi connectivity index (χ0n) is 11.6. The van der Waals surface area contributed by atoms with E-state index in [0.29, 0.717) is 19.3 Å². The number of ketones is 1. The molecule has 1 atom stereocenters. The molecule has 1 fully saturated rings. The standard InChI is InChI=1S/C16H19NO3/c1-10-2-3-12-13(8-10)15(18)9-14(12)17-6-4-11(5-7-17)16(19)20/h2-3,8,11,14H,4-7,9H2,1H3,(H,19,20). The highest BCUT2D eigenvalue weighted by Crippen LogP contribution is 2.38. The molecule has 1 heterocycles. The van der Waals surface area contributed by atoms with Gasteiger partial charge < -0.3 is 5.11 Å². The molecule has 0 saturated carbocycles. The van der Waals surface area contributed by atoms with Gasteiger partial charge in [0.1, 0.15) is 0 Å². The summed E-state index contributed by atoms with van der Waals surface area (Å²) in [5.41, 5.74) is 3.09. The number of carbonyl (C=O) groups excluding carboxylic acids is 1. The molecule has 20 heavy (non-hydrogen) atoms. The molecule has 1 aromatic carbocycles. The predicted octanol–water partition coefficient (Wildman–Crippen LogP) is 2.42. The van der Waals surface area contributed by atoms with Crippen molar-refractivity contribution in [1.82, 2.24) is 4.90 Å². The summed E-state index contributed by atoms with van der Waals surface area (Å²) in [4.78, 5) is 25.4. The van der Waals surface area contributed by atoms with Crippen LogP contribution in [0.25, 0.3) is 0 Å². The number of piperidine rings is 1. The molecule has 0 bridgehead atoms. The van der Waals surface area contributed by atoms with Gasteiger partial charge in [0.05, 0.1) is 5.92 Å². The van der Waals surface area contributed by atoms with Crippen molar-refractivity contribution >= 4 is 11.8 Å². The topological polar surface area (TPSA) is 57.6 Å². The van der Waals surface area contributed by atoms with Crippen molar-refractivity contribution < 1.29 is 14.7 Å².